The number of carboxylic acids is 1. The fourth-order valence-electron chi connectivity index (χ4n) is 1.64. The number of carbonyl (C=O) groups is 2. The fourth-order valence-corrected chi connectivity index (χ4v) is 2.91. The maximum atomic E-state index is 13.3. The van der Waals surface area contributed by atoms with Crippen LogP contribution in [0.2, 0.25) is 5.02 Å². The number of thioether (sulfide) groups is 1. The minimum Gasteiger partial charge on any atom is -0.480 e. The van der Waals surface area contributed by atoms with Crippen molar-refractivity contribution in [3.8, 4) is 0 Å². The van der Waals surface area contributed by atoms with Crippen LogP contribution in [0, 0.1) is 5.82 Å². The van der Waals surface area contributed by atoms with E-state index in [1.54, 1.807) is 0 Å². The zero-order chi connectivity index (χ0) is 13.3. The first-order chi connectivity index (χ1) is 8.50. The second kappa shape index (κ2) is 5.16. The molecule has 1 unspecified atom stereocenters. The Morgan fingerprint density at radius 3 is 2.83 bits per heavy atom. The van der Waals surface area contributed by atoms with Crippen LogP contribution in [0.1, 0.15) is 10.4 Å². The zero-order valence-electron chi connectivity index (χ0n) is 9.10. The molecular weight excluding hydrogens is 281 g/mol. The SMILES string of the molecule is O=C(O)C1CSCN1C(=O)c1ccc(Cl)c(F)c1. The Balaban J connectivity index is 2.25. The van der Waals surface area contributed by atoms with E-state index in [0.717, 1.165) is 6.07 Å². The van der Waals surface area contributed by atoms with Crippen LogP contribution in [-0.2, 0) is 4.79 Å². The summed E-state index contributed by atoms with van der Waals surface area (Å²) in [4.78, 5) is 24.2. The molecule has 0 aliphatic carbocycles. The van der Waals surface area contributed by atoms with Crippen molar-refractivity contribution in [1.82, 2.24) is 4.90 Å². The number of halogens is 2. The van der Waals surface area contributed by atoms with Crippen molar-refractivity contribution in [2.24, 2.45) is 0 Å². The van der Waals surface area contributed by atoms with Gasteiger partial charge in [0.25, 0.3) is 5.91 Å². The predicted molar refractivity (Wildman–Crippen MR) is 66.3 cm³/mol. The second-order valence-electron chi connectivity index (χ2n) is 3.76. The lowest BCUT2D eigenvalue weighted by Crippen LogP contribution is -2.41. The highest BCUT2D eigenvalue weighted by Crippen LogP contribution is 2.24. The molecule has 0 bridgehead atoms. The summed E-state index contributed by atoms with van der Waals surface area (Å²) in [5, 5.41) is 8.90. The smallest absolute Gasteiger partial charge is 0.327 e. The number of nitrogens with zero attached hydrogens (tertiary/aromatic N) is 1. The average Bonchev–Trinajstić information content (AvgIpc) is 2.81. The van der Waals surface area contributed by atoms with Gasteiger partial charge in [0.2, 0.25) is 0 Å². The first-order valence-corrected chi connectivity index (χ1v) is 6.60. The van der Waals surface area contributed by atoms with Crippen LogP contribution in [0.5, 0.6) is 0 Å². The molecule has 1 heterocycles. The van der Waals surface area contributed by atoms with Crippen molar-refractivity contribution in [2.45, 2.75) is 6.04 Å². The summed E-state index contributed by atoms with van der Waals surface area (Å²) < 4.78 is 13.3. The number of carbonyl (C=O) groups excluding carboxylic acids is 1. The van der Waals surface area contributed by atoms with Crippen molar-refractivity contribution in [1.29, 1.82) is 0 Å². The summed E-state index contributed by atoms with van der Waals surface area (Å²) >= 11 is 6.88. The van der Waals surface area contributed by atoms with Crippen LogP contribution in [0.15, 0.2) is 18.2 Å². The minimum atomic E-state index is -1.05. The molecule has 2 rings (SSSR count). The number of benzene rings is 1. The monoisotopic (exact) mass is 289 g/mol. The summed E-state index contributed by atoms with van der Waals surface area (Å²) in [6, 6.07) is 2.83. The minimum absolute atomic E-state index is 0.0721. The molecule has 0 radical (unpaired) electrons. The van der Waals surface area contributed by atoms with Gasteiger partial charge in [0.05, 0.1) is 10.9 Å². The van der Waals surface area contributed by atoms with E-state index in [4.69, 9.17) is 16.7 Å². The summed E-state index contributed by atoms with van der Waals surface area (Å²) in [5.74, 6) is -1.61. The molecule has 1 saturated heterocycles. The Morgan fingerprint density at radius 2 is 2.22 bits per heavy atom. The van der Waals surface area contributed by atoms with E-state index >= 15 is 0 Å². The number of amides is 1. The summed E-state index contributed by atoms with van der Waals surface area (Å²) in [6.07, 6.45) is 0. The third-order valence-corrected chi connectivity index (χ3v) is 3.91. The molecule has 96 valence electrons. The van der Waals surface area contributed by atoms with Crippen LogP contribution in [0.25, 0.3) is 0 Å². The van der Waals surface area contributed by atoms with Gasteiger partial charge in [-0.1, -0.05) is 11.6 Å². The van der Waals surface area contributed by atoms with Gasteiger partial charge in [0, 0.05) is 11.3 Å². The Labute approximate surface area is 112 Å². The molecule has 0 spiro atoms. The Bertz CT molecular complexity index is 511. The molecule has 1 aliphatic rings. The van der Waals surface area contributed by atoms with Crippen LogP contribution in [0.3, 0.4) is 0 Å². The fraction of sp³-hybridized carbons (Fsp3) is 0.273. The maximum Gasteiger partial charge on any atom is 0.327 e. The van der Waals surface area contributed by atoms with Gasteiger partial charge >= 0.3 is 5.97 Å². The van der Waals surface area contributed by atoms with Crippen LogP contribution in [0.4, 0.5) is 4.39 Å². The lowest BCUT2D eigenvalue weighted by Gasteiger charge is -2.20. The highest BCUT2D eigenvalue weighted by molar-refractivity contribution is 7.99. The van der Waals surface area contributed by atoms with Crippen molar-refractivity contribution in [2.75, 3.05) is 11.6 Å². The molecule has 0 saturated carbocycles. The van der Waals surface area contributed by atoms with Crippen LogP contribution in [-0.4, -0.2) is 39.6 Å². The maximum absolute atomic E-state index is 13.3. The van der Waals surface area contributed by atoms with Crippen molar-refractivity contribution >= 4 is 35.2 Å². The Morgan fingerprint density at radius 1 is 1.50 bits per heavy atom. The number of rotatable bonds is 2. The van der Waals surface area contributed by atoms with E-state index in [2.05, 4.69) is 0 Å². The quantitative estimate of drug-likeness (QED) is 0.905. The van der Waals surface area contributed by atoms with E-state index in [1.165, 1.54) is 28.8 Å². The van der Waals surface area contributed by atoms with E-state index in [-0.39, 0.29) is 10.6 Å². The molecule has 7 heteroatoms. The molecule has 1 fully saturated rings. The van der Waals surface area contributed by atoms with Gasteiger partial charge in [0.1, 0.15) is 11.9 Å². The average molecular weight is 290 g/mol. The van der Waals surface area contributed by atoms with Gasteiger partial charge in [-0.15, -0.1) is 11.8 Å². The lowest BCUT2D eigenvalue weighted by atomic mass is 10.1. The largest absolute Gasteiger partial charge is 0.480 e. The van der Waals surface area contributed by atoms with E-state index in [9.17, 15) is 14.0 Å². The van der Waals surface area contributed by atoms with E-state index in [0.29, 0.717) is 11.6 Å². The number of hydrogen-bond donors (Lipinski definition) is 1. The zero-order valence-corrected chi connectivity index (χ0v) is 10.7. The molecule has 1 aromatic carbocycles. The van der Waals surface area contributed by atoms with Crippen LogP contribution < -0.4 is 0 Å². The normalized spacial score (nSPS) is 19.0. The first-order valence-electron chi connectivity index (χ1n) is 5.07. The number of hydrogen-bond acceptors (Lipinski definition) is 3. The van der Waals surface area contributed by atoms with Crippen molar-refractivity contribution in [3.63, 3.8) is 0 Å². The molecule has 18 heavy (non-hydrogen) atoms. The Hall–Kier alpha value is -1.27. The molecule has 4 nitrogen and oxygen atoms in total. The van der Waals surface area contributed by atoms with E-state index in [1.807, 2.05) is 0 Å². The predicted octanol–water partition coefficient (Wildman–Crippen LogP) is 2.08. The van der Waals surface area contributed by atoms with Gasteiger partial charge < -0.3 is 10.0 Å². The third-order valence-electron chi connectivity index (χ3n) is 2.59. The molecular formula is C11H9ClFNO3S. The van der Waals surface area contributed by atoms with Gasteiger partial charge in [-0.25, -0.2) is 9.18 Å². The number of aliphatic carboxylic acids is 1. The molecule has 1 amide bonds. The summed E-state index contributed by atoms with van der Waals surface area (Å²) in [6.45, 7) is 0. The molecule has 1 N–H and O–H groups in total. The van der Waals surface area contributed by atoms with Crippen LogP contribution >= 0.6 is 23.4 Å². The van der Waals surface area contributed by atoms with Gasteiger partial charge in [-0.3, -0.25) is 4.79 Å². The second-order valence-corrected chi connectivity index (χ2v) is 5.16. The Kier molecular flexibility index (Phi) is 3.77. The molecule has 1 aromatic rings. The summed E-state index contributed by atoms with van der Waals surface area (Å²) in [5.41, 5.74) is 0.102. The first kappa shape index (κ1) is 13.2. The van der Waals surface area contributed by atoms with Gasteiger partial charge in [0.15, 0.2) is 0 Å². The summed E-state index contributed by atoms with van der Waals surface area (Å²) in [7, 11) is 0. The highest BCUT2D eigenvalue weighted by Gasteiger charge is 2.35. The van der Waals surface area contributed by atoms with Crippen molar-refractivity contribution in [3.05, 3.63) is 34.6 Å². The lowest BCUT2D eigenvalue weighted by molar-refractivity contribution is -0.140. The number of carboxylic acid groups (broad SMARTS) is 1. The molecule has 1 aliphatic heterocycles. The van der Waals surface area contributed by atoms with Crippen molar-refractivity contribution < 1.29 is 19.1 Å². The molecule has 1 atom stereocenters. The highest BCUT2D eigenvalue weighted by atomic mass is 35.5. The molecule has 0 aromatic heterocycles. The third kappa shape index (κ3) is 2.44. The van der Waals surface area contributed by atoms with E-state index < -0.39 is 23.7 Å². The van der Waals surface area contributed by atoms with Gasteiger partial charge in [-0.2, -0.15) is 0 Å². The van der Waals surface area contributed by atoms with Gasteiger partial charge in [-0.05, 0) is 18.2 Å². The standard InChI is InChI=1S/C11H9ClFNO3S/c12-7-2-1-6(3-8(7)13)10(15)14-5-18-4-9(14)11(16)17/h1-3,9H,4-5H2,(H,16,17). The topological polar surface area (TPSA) is 57.6 Å².